The number of aliphatic hydroxyl groups excluding tert-OH is 1. The van der Waals surface area contributed by atoms with Gasteiger partial charge in [0, 0.05) is 10.0 Å². The Morgan fingerprint density at radius 2 is 2.07 bits per heavy atom. The first kappa shape index (κ1) is 10.3. The molecule has 0 amide bonds. The number of carbonyl (C=O) groups is 1. The molecule has 0 aromatic heterocycles. The molecule has 0 atom stereocenters. The Morgan fingerprint density at radius 3 is 2.80 bits per heavy atom. The predicted octanol–water partition coefficient (Wildman–Crippen LogP) is 2.78. The molecule has 0 bridgehead atoms. The Hall–Kier alpha value is -1.19. The lowest BCUT2D eigenvalue weighted by Crippen LogP contribution is -2.04. The SMILES string of the molecule is O=C(CO)c1cccc2ccc(Br)cc12. The normalized spacial score (nSPS) is 10.5. The van der Waals surface area contributed by atoms with Crippen molar-refractivity contribution in [1.29, 1.82) is 0 Å². The second-order valence-corrected chi connectivity index (χ2v) is 4.17. The van der Waals surface area contributed by atoms with Crippen LogP contribution in [0.25, 0.3) is 10.8 Å². The van der Waals surface area contributed by atoms with Crippen molar-refractivity contribution in [3.8, 4) is 0 Å². The van der Waals surface area contributed by atoms with Crippen LogP contribution in [-0.2, 0) is 0 Å². The number of aliphatic hydroxyl groups is 1. The number of Topliss-reactive ketones (excluding diaryl/α,β-unsaturated/α-hetero) is 1. The van der Waals surface area contributed by atoms with Gasteiger partial charge in [0.15, 0.2) is 5.78 Å². The molecule has 0 saturated heterocycles. The van der Waals surface area contributed by atoms with Gasteiger partial charge in [0.1, 0.15) is 6.61 Å². The molecule has 15 heavy (non-hydrogen) atoms. The van der Waals surface area contributed by atoms with Gasteiger partial charge >= 0.3 is 0 Å². The highest BCUT2D eigenvalue weighted by Gasteiger charge is 2.08. The molecule has 2 rings (SSSR count). The van der Waals surface area contributed by atoms with Crippen LogP contribution in [0.4, 0.5) is 0 Å². The quantitative estimate of drug-likeness (QED) is 0.848. The Kier molecular flexibility index (Phi) is 2.84. The van der Waals surface area contributed by atoms with E-state index in [1.54, 1.807) is 6.07 Å². The second kappa shape index (κ2) is 4.13. The first-order valence-corrected chi connectivity index (χ1v) is 5.34. The van der Waals surface area contributed by atoms with E-state index in [0.717, 1.165) is 15.2 Å². The standard InChI is InChI=1S/C12H9BrO2/c13-9-5-4-8-2-1-3-10(11(8)6-9)12(15)7-14/h1-6,14H,7H2. The zero-order valence-electron chi connectivity index (χ0n) is 7.90. The van der Waals surface area contributed by atoms with E-state index in [1.807, 2.05) is 30.3 Å². The lowest BCUT2D eigenvalue weighted by molar-refractivity contribution is 0.0905. The third kappa shape index (κ3) is 1.94. The smallest absolute Gasteiger partial charge is 0.188 e. The van der Waals surface area contributed by atoms with Crippen molar-refractivity contribution < 1.29 is 9.90 Å². The molecule has 0 aliphatic heterocycles. The minimum Gasteiger partial charge on any atom is -0.388 e. The third-order valence-electron chi connectivity index (χ3n) is 2.29. The topological polar surface area (TPSA) is 37.3 Å². The number of hydrogen-bond donors (Lipinski definition) is 1. The molecule has 0 unspecified atom stereocenters. The summed E-state index contributed by atoms with van der Waals surface area (Å²) < 4.78 is 0.924. The van der Waals surface area contributed by atoms with Gasteiger partial charge in [-0.15, -0.1) is 0 Å². The largest absolute Gasteiger partial charge is 0.388 e. The highest BCUT2D eigenvalue weighted by molar-refractivity contribution is 9.10. The Balaban J connectivity index is 2.74. The molecule has 0 radical (unpaired) electrons. The van der Waals surface area contributed by atoms with Gasteiger partial charge in [0.25, 0.3) is 0 Å². The number of rotatable bonds is 2. The van der Waals surface area contributed by atoms with Crippen LogP contribution in [0.1, 0.15) is 10.4 Å². The lowest BCUT2D eigenvalue weighted by atomic mass is 10.0. The van der Waals surface area contributed by atoms with E-state index in [4.69, 9.17) is 5.11 Å². The van der Waals surface area contributed by atoms with E-state index in [-0.39, 0.29) is 5.78 Å². The molecule has 1 N–H and O–H groups in total. The van der Waals surface area contributed by atoms with E-state index >= 15 is 0 Å². The molecule has 2 aromatic rings. The fourth-order valence-corrected chi connectivity index (χ4v) is 1.93. The van der Waals surface area contributed by atoms with Crippen LogP contribution in [0.2, 0.25) is 0 Å². The Morgan fingerprint density at radius 1 is 1.27 bits per heavy atom. The monoisotopic (exact) mass is 264 g/mol. The molecule has 0 saturated carbocycles. The Labute approximate surface area is 95.7 Å². The average molecular weight is 265 g/mol. The highest BCUT2D eigenvalue weighted by Crippen LogP contribution is 2.23. The highest BCUT2D eigenvalue weighted by atomic mass is 79.9. The van der Waals surface area contributed by atoms with Crippen molar-refractivity contribution in [2.24, 2.45) is 0 Å². The van der Waals surface area contributed by atoms with Crippen molar-refractivity contribution in [2.45, 2.75) is 0 Å². The fourth-order valence-electron chi connectivity index (χ4n) is 1.57. The van der Waals surface area contributed by atoms with Crippen molar-refractivity contribution in [1.82, 2.24) is 0 Å². The zero-order chi connectivity index (χ0) is 10.8. The molecule has 2 aromatic carbocycles. The molecule has 0 heterocycles. The summed E-state index contributed by atoms with van der Waals surface area (Å²) in [6, 6.07) is 11.2. The average Bonchev–Trinajstić information content (AvgIpc) is 2.27. The molecular formula is C12H9BrO2. The van der Waals surface area contributed by atoms with Gasteiger partial charge in [0.2, 0.25) is 0 Å². The number of carbonyl (C=O) groups excluding carboxylic acids is 1. The van der Waals surface area contributed by atoms with Crippen LogP contribution in [0.15, 0.2) is 40.9 Å². The Bertz CT molecular complexity index is 520. The molecule has 0 spiro atoms. The number of halogens is 1. The van der Waals surface area contributed by atoms with Gasteiger partial charge < -0.3 is 5.11 Å². The number of fused-ring (bicyclic) bond motifs is 1. The van der Waals surface area contributed by atoms with Crippen LogP contribution in [0, 0.1) is 0 Å². The lowest BCUT2D eigenvalue weighted by Gasteiger charge is -2.04. The number of hydrogen-bond acceptors (Lipinski definition) is 2. The molecule has 0 fully saturated rings. The molecular weight excluding hydrogens is 256 g/mol. The summed E-state index contributed by atoms with van der Waals surface area (Å²) in [5, 5.41) is 10.7. The van der Waals surface area contributed by atoms with Crippen molar-refractivity contribution in [2.75, 3.05) is 6.61 Å². The van der Waals surface area contributed by atoms with E-state index in [1.165, 1.54) is 0 Å². The molecule has 76 valence electrons. The fraction of sp³-hybridized carbons (Fsp3) is 0.0833. The number of ketones is 1. The second-order valence-electron chi connectivity index (χ2n) is 3.25. The summed E-state index contributed by atoms with van der Waals surface area (Å²) in [6.07, 6.45) is 0. The molecule has 0 aliphatic carbocycles. The first-order chi connectivity index (χ1) is 7.22. The maximum Gasteiger partial charge on any atom is 0.188 e. The molecule has 3 heteroatoms. The maximum atomic E-state index is 11.5. The van der Waals surface area contributed by atoms with E-state index < -0.39 is 6.61 Å². The third-order valence-corrected chi connectivity index (χ3v) is 2.78. The maximum absolute atomic E-state index is 11.5. The summed E-state index contributed by atoms with van der Waals surface area (Å²) in [4.78, 5) is 11.5. The van der Waals surface area contributed by atoms with Crippen LogP contribution < -0.4 is 0 Å². The van der Waals surface area contributed by atoms with Crippen molar-refractivity contribution in [3.63, 3.8) is 0 Å². The van der Waals surface area contributed by atoms with E-state index in [0.29, 0.717) is 5.56 Å². The summed E-state index contributed by atoms with van der Waals surface area (Å²) >= 11 is 3.36. The van der Waals surface area contributed by atoms with Crippen molar-refractivity contribution in [3.05, 3.63) is 46.4 Å². The first-order valence-electron chi connectivity index (χ1n) is 4.54. The van der Waals surface area contributed by atoms with Gasteiger partial charge in [0.05, 0.1) is 0 Å². The summed E-state index contributed by atoms with van der Waals surface area (Å²) in [5.74, 6) is -0.251. The molecule has 0 aliphatic rings. The van der Waals surface area contributed by atoms with Gasteiger partial charge in [-0.1, -0.05) is 40.2 Å². The summed E-state index contributed by atoms with van der Waals surface area (Å²) in [7, 11) is 0. The summed E-state index contributed by atoms with van der Waals surface area (Å²) in [6.45, 7) is -0.453. The van der Waals surface area contributed by atoms with Gasteiger partial charge in [-0.2, -0.15) is 0 Å². The van der Waals surface area contributed by atoms with E-state index in [2.05, 4.69) is 15.9 Å². The van der Waals surface area contributed by atoms with Crippen LogP contribution in [0.3, 0.4) is 0 Å². The summed E-state index contributed by atoms with van der Waals surface area (Å²) in [5.41, 5.74) is 0.566. The van der Waals surface area contributed by atoms with Crippen LogP contribution >= 0.6 is 15.9 Å². The minimum atomic E-state index is -0.453. The molecule has 2 nitrogen and oxygen atoms in total. The van der Waals surface area contributed by atoms with Crippen LogP contribution in [0.5, 0.6) is 0 Å². The predicted molar refractivity (Wildman–Crippen MR) is 63.1 cm³/mol. The van der Waals surface area contributed by atoms with Gasteiger partial charge in [-0.25, -0.2) is 0 Å². The van der Waals surface area contributed by atoms with E-state index in [9.17, 15) is 4.79 Å². The van der Waals surface area contributed by atoms with Gasteiger partial charge in [-0.05, 0) is 22.9 Å². The van der Waals surface area contributed by atoms with Gasteiger partial charge in [-0.3, -0.25) is 4.79 Å². The minimum absolute atomic E-state index is 0.251. The van der Waals surface area contributed by atoms with Crippen molar-refractivity contribution >= 4 is 32.5 Å². The number of benzene rings is 2. The van der Waals surface area contributed by atoms with Crippen LogP contribution in [-0.4, -0.2) is 17.5 Å². The zero-order valence-corrected chi connectivity index (χ0v) is 9.49.